The van der Waals surface area contributed by atoms with Crippen LogP contribution in [0.5, 0.6) is 0 Å². The Morgan fingerprint density at radius 1 is 1.17 bits per heavy atom. The fourth-order valence-corrected chi connectivity index (χ4v) is 3.98. The first-order chi connectivity index (χ1) is 11.6. The molecule has 4 rings (SSSR count). The summed E-state index contributed by atoms with van der Waals surface area (Å²) >= 11 is 0. The van der Waals surface area contributed by atoms with E-state index in [1.54, 1.807) is 24.1 Å². The molecule has 0 bridgehead atoms. The summed E-state index contributed by atoms with van der Waals surface area (Å²) in [6.45, 7) is 7.00. The van der Waals surface area contributed by atoms with Crippen LogP contribution in [0.25, 0.3) is 0 Å². The minimum absolute atomic E-state index is 0.00445. The lowest BCUT2D eigenvalue weighted by Crippen LogP contribution is -2.31. The average Bonchev–Trinajstić information content (AvgIpc) is 3.10. The van der Waals surface area contributed by atoms with Gasteiger partial charge in [0.15, 0.2) is 0 Å². The lowest BCUT2D eigenvalue weighted by molar-refractivity contribution is 0.295. The number of aryl methyl sites for hydroxylation is 1. The number of anilines is 1. The third-order valence-electron chi connectivity index (χ3n) is 5.25. The molecule has 0 N–H and O–H groups in total. The summed E-state index contributed by atoms with van der Waals surface area (Å²) in [4.78, 5) is 29.4. The zero-order valence-corrected chi connectivity index (χ0v) is 14.1. The van der Waals surface area contributed by atoms with Crippen LogP contribution >= 0.6 is 0 Å². The van der Waals surface area contributed by atoms with Crippen LogP contribution in [0.1, 0.15) is 11.4 Å². The van der Waals surface area contributed by atoms with E-state index in [1.807, 2.05) is 6.20 Å². The van der Waals surface area contributed by atoms with Gasteiger partial charge in [0.25, 0.3) is 5.56 Å². The van der Waals surface area contributed by atoms with Crippen molar-refractivity contribution in [1.82, 2.24) is 24.4 Å². The van der Waals surface area contributed by atoms with E-state index in [0.717, 1.165) is 49.9 Å². The Balaban J connectivity index is 1.42. The van der Waals surface area contributed by atoms with Crippen LogP contribution in [0, 0.1) is 18.8 Å². The van der Waals surface area contributed by atoms with Crippen molar-refractivity contribution in [2.45, 2.75) is 13.5 Å². The molecule has 2 saturated heterocycles. The van der Waals surface area contributed by atoms with Crippen LogP contribution in [0.2, 0.25) is 0 Å². The number of hydrogen-bond donors (Lipinski definition) is 0. The minimum Gasteiger partial charge on any atom is -0.356 e. The molecule has 0 aromatic carbocycles. The predicted molar refractivity (Wildman–Crippen MR) is 90.7 cm³/mol. The number of rotatable bonds is 3. The van der Waals surface area contributed by atoms with E-state index in [2.05, 4.69) is 31.7 Å². The lowest BCUT2D eigenvalue weighted by Gasteiger charge is -2.23. The highest BCUT2D eigenvalue weighted by Crippen LogP contribution is 2.34. The van der Waals surface area contributed by atoms with Crippen molar-refractivity contribution in [3.63, 3.8) is 0 Å². The Morgan fingerprint density at radius 2 is 1.92 bits per heavy atom. The number of likely N-dealkylation sites (tertiary alicyclic amines) is 1. The Morgan fingerprint density at radius 3 is 2.62 bits per heavy atom. The van der Waals surface area contributed by atoms with Gasteiger partial charge in [-0.05, 0) is 18.8 Å². The third-order valence-corrected chi connectivity index (χ3v) is 5.25. The van der Waals surface area contributed by atoms with Gasteiger partial charge in [0, 0.05) is 57.3 Å². The predicted octanol–water partition coefficient (Wildman–Crippen LogP) is 0.447. The van der Waals surface area contributed by atoms with Gasteiger partial charge >= 0.3 is 0 Å². The smallest absolute Gasteiger partial charge is 0.253 e. The van der Waals surface area contributed by atoms with Gasteiger partial charge in [-0.2, -0.15) is 0 Å². The SMILES string of the molecule is Cc1cncnc1N1CC2CN(Cc3nccc(=O)n3C)CC2C1. The highest BCUT2D eigenvalue weighted by atomic mass is 16.1. The molecule has 0 aliphatic carbocycles. The molecule has 2 aromatic rings. The van der Waals surface area contributed by atoms with Gasteiger partial charge in [-0.1, -0.05) is 0 Å². The highest BCUT2D eigenvalue weighted by Gasteiger charge is 2.40. The first kappa shape index (κ1) is 15.3. The van der Waals surface area contributed by atoms with Gasteiger partial charge < -0.3 is 4.90 Å². The molecular weight excluding hydrogens is 304 g/mol. The van der Waals surface area contributed by atoms with Gasteiger partial charge in [-0.15, -0.1) is 0 Å². The van der Waals surface area contributed by atoms with Crippen LogP contribution in [-0.2, 0) is 13.6 Å². The van der Waals surface area contributed by atoms with Crippen molar-refractivity contribution in [3.8, 4) is 0 Å². The summed E-state index contributed by atoms with van der Waals surface area (Å²) < 4.78 is 1.64. The number of nitrogens with zero attached hydrogens (tertiary/aromatic N) is 6. The quantitative estimate of drug-likeness (QED) is 0.816. The second-order valence-corrected chi connectivity index (χ2v) is 6.91. The zero-order chi connectivity index (χ0) is 16.7. The fourth-order valence-electron chi connectivity index (χ4n) is 3.98. The van der Waals surface area contributed by atoms with Crippen LogP contribution in [0.4, 0.5) is 5.82 Å². The van der Waals surface area contributed by atoms with E-state index < -0.39 is 0 Å². The van der Waals surface area contributed by atoms with Gasteiger partial charge in [0.05, 0.1) is 6.54 Å². The van der Waals surface area contributed by atoms with Crippen molar-refractivity contribution < 1.29 is 0 Å². The van der Waals surface area contributed by atoms with Crippen molar-refractivity contribution in [2.75, 3.05) is 31.1 Å². The van der Waals surface area contributed by atoms with Crippen LogP contribution in [-0.4, -0.2) is 50.6 Å². The summed E-state index contributed by atoms with van der Waals surface area (Å²) in [6.07, 6.45) is 5.11. The van der Waals surface area contributed by atoms with Gasteiger partial charge in [0.1, 0.15) is 18.0 Å². The Kier molecular flexibility index (Phi) is 3.80. The standard InChI is InChI=1S/C17H22N6O/c1-12-5-18-11-20-17(12)23-8-13-6-22(7-14(13)9-23)10-15-19-4-3-16(24)21(15)2/h3-5,11,13-14H,6-10H2,1-2H3. The van der Waals surface area contributed by atoms with Crippen molar-refractivity contribution in [3.05, 3.63) is 46.5 Å². The molecule has 0 amide bonds. The first-order valence-electron chi connectivity index (χ1n) is 8.36. The van der Waals surface area contributed by atoms with Crippen LogP contribution in [0.3, 0.4) is 0 Å². The molecule has 2 fully saturated rings. The van der Waals surface area contributed by atoms with Crippen molar-refractivity contribution in [2.24, 2.45) is 18.9 Å². The highest BCUT2D eigenvalue weighted by molar-refractivity contribution is 5.46. The second kappa shape index (κ2) is 5.98. The number of hydrogen-bond acceptors (Lipinski definition) is 6. The zero-order valence-electron chi connectivity index (χ0n) is 14.1. The van der Waals surface area contributed by atoms with E-state index in [4.69, 9.17) is 0 Å². The summed E-state index contributed by atoms with van der Waals surface area (Å²) in [6, 6.07) is 1.50. The van der Waals surface area contributed by atoms with Gasteiger partial charge in [-0.3, -0.25) is 14.3 Å². The molecule has 7 nitrogen and oxygen atoms in total. The molecule has 0 saturated carbocycles. The van der Waals surface area contributed by atoms with Crippen LogP contribution < -0.4 is 10.5 Å². The van der Waals surface area contributed by atoms with E-state index in [-0.39, 0.29) is 5.56 Å². The molecular formula is C17H22N6O. The molecule has 2 unspecified atom stereocenters. The maximum Gasteiger partial charge on any atom is 0.253 e. The summed E-state index contributed by atoms with van der Waals surface area (Å²) in [7, 11) is 1.79. The maximum absolute atomic E-state index is 11.7. The number of aromatic nitrogens is 4. The van der Waals surface area contributed by atoms with Gasteiger partial charge in [0.2, 0.25) is 0 Å². The second-order valence-electron chi connectivity index (χ2n) is 6.91. The topological polar surface area (TPSA) is 67.2 Å². The molecule has 0 radical (unpaired) electrons. The molecule has 0 spiro atoms. The van der Waals surface area contributed by atoms with Gasteiger partial charge in [-0.25, -0.2) is 15.0 Å². The molecule has 4 heterocycles. The molecule has 2 aromatic heterocycles. The van der Waals surface area contributed by atoms with Crippen molar-refractivity contribution >= 4 is 5.82 Å². The van der Waals surface area contributed by atoms with Crippen LogP contribution in [0.15, 0.2) is 29.6 Å². The molecule has 2 atom stereocenters. The minimum atomic E-state index is 0.00445. The molecule has 2 aliphatic rings. The number of fused-ring (bicyclic) bond motifs is 1. The Hall–Kier alpha value is -2.28. The molecule has 7 heteroatoms. The summed E-state index contributed by atoms with van der Waals surface area (Å²) in [5.41, 5.74) is 1.14. The van der Waals surface area contributed by atoms with Crippen molar-refractivity contribution in [1.29, 1.82) is 0 Å². The summed E-state index contributed by atoms with van der Waals surface area (Å²) in [5.74, 6) is 3.21. The molecule has 126 valence electrons. The normalized spacial score (nSPS) is 23.7. The molecule has 2 aliphatic heterocycles. The maximum atomic E-state index is 11.7. The van der Waals surface area contributed by atoms with E-state index >= 15 is 0 Å². The third kappa shape index (κ3) is 2.69. The Bertz CT molecular complexity index is 790. The summed E-state index contributed by atoms with van der Waals surface area (Å²) in [5, 5.41) is 0. The molecule has 24 heavy (non-hydrogen) atoms. The van der Waals surface area contributed by atoms with E-state index in [9.17, 15) is 4.79 Å². The largest absolute Gasteiger partial charge is 0.356 e. The fraction of sp³-hybridized carbons (Fsp3) is 0.529. The lowest BCUT2D eigenvalue weighted by atomic mass is 10.0. The first-order valence-corrected chi connectivity index (χ1v) is 8.36. The van der Waals surface area contributed by atoms with E-state index in [0.29, 0.717) is 11.8 Å². The average molecular weight is 326 g/mol. The monoisotopic (exact) mass is 326 g/mol. The Labute approximate surface area is 141 Å². The van der Waals surface area contributed by atoms with E-state index in [1.165, 1.54) is 6.07 Å².